The molecule has 154 valence electrons. The first-order valence-corrected chi connectivity index (χ1v) is 11.7. The van der Waals surface area contributed by atoms with Gasteiger partial charge in [-0.15, -0.1) is 0 Å². The molecule has 0 atom stereocenters. The fourth-order valence-electron chi connectivity index (χ4n) is 2.54. The van der Waals surface area contributed by atoms with E-state index in [-0.39, 0.29) is 23.0 Å². The SMILES string of the molecule is Cc1ccc(C)c(S(=O)(=O)OCC(C)COS(=O)(=O)c2cc(C)ccc2C)c1. The second-order valence-electron chi connectivity index (χ2n) is 7.12. The lowest BCUT2D eigenvalue weighted by molar-refractivity contribution is 0.196. The Bertz CT molecular complexity index is 971. The van der Waals surface area contributed by atoms with Crippen LogP contribution in [0.3, 0.4) is 0 Å². The van der Waals surface area contributed by atoms with E-state index in [9.17, 15) is 16.8 Å². The van der Waals surface area contributed by atoms with Gasteiger partial charge in [0.2, 0.25) is 0 Å². The molecule has 0 unspecified atom stereocenters. The van der Waals surface area contributed by atoms with Crippen molar-refractivity contribution in [3.63, 3.8) is 0 Å². The van der Waals surface area contributed by atoms with Gasteiger partial charge in [0.15, 0.2) is 0 Å². The third kappa shape index (κ3) is 5.64. The maximum absolute atomic E-state index is 12.4. The van der Waals surface area contributed by atoms with Gasteiger partial charge in [-0.3, -0.25) is 8.37 Å². The van der Waals surface area contributed by atoms with Crippen LogP contribution in [0.15, 0.2) is 46.2 Å². The molecule has 0 N–H and O–H groups in total. The molecular formula is C20H26O6S2. The van der Waals surface area contributed by atoms with Crippen molar-refractivity contribution in [2.75, 3.05) is 13.2 Å². The van der Waals surface area contributed by atoms with Crippen LogP contribution >= 0.6 is 0 Å². The maximum Gasteiger partial charge on any atom is 0.297 e. The Morgan fingerprint density at radius 1 is 0.714 bits per heavy atom. The molecule has 2 aromatic carbocycles. The minimum Gasteiger partial charge on any atom is -0.266 e. The highest BCUT2D eigenvalue weighted by molar-refractivity contribution is 7.87. The van der Waals surface area contributed by atoms with Crippen molar-refractivity contribution in [3.05, 3.63) is 58.7 Å². The van der Waals surface area contributed by atoms with Crippen molar-refractivity contribution in [1.82, 2.24) is 0 Å². The third-order valence-electron chi connectivity index (χ3n) is 4.24. The van der Waals surface area contributed by atoms with Crippen molar-refractivity contribution < 1.29 is 25.2 Å². The summed E-state index contributed by atoms with van der Waals surface area (Å²) in [6, 6.07) is 10.2. The Kier molecular flexibility index (Phi) is 7.03. The molecule has 0 aromatic heterocycles. The molecule has 0 bridgehead atoms. The third-order valence-corrected chi connectivity index (χ3v) is 7.09. The Hall–Kier alpha value is -1.74. The van der Waals surface area contributed by atoms with Gasteiger partial charge in [0.25, 0.3) is 20.2 Å². The van der Waals surface area contributed by atoms with Crippen LogP contribution in [-0.2, 0) is 28.6 Å². The number of hydrogen-bond donors (Lipinski definition) is 0. The van der Waals surface area contributed by atoms with Gasteiger partial charge >= 0.3 is 0 Å². The molecule has 0 fully saturated rings. The highest BCUT2D eigenvalue weighted by atomic mass is 32.2. The summed E-state index contributed by atoms with van der Waals surface area (Å²) in [6.45, 7) is 8.28. The molecule has 0 saturated carbocycles. The van der Waals surface area contributed by atoms with Crippen LogP contribution in [0.4, 0.5) is 0 Å². The van der Waals surface area contributed by atoms with Crippen molar-refractivity contribution in [3.8, 4) is 0 Å². The van der Waals surface area contributed by atoms with E-state index in [0.717, 1.165) is 11.1 Å². The van der Waals surface area contributed by atoms with Gasteiger partial charge in [0.05, 0.1) is 23.0 Å². The van der Waals surface area contributed by atoms with Crippen LogP contribution in [0.5, 0.6) is 0 Å². The number of rotatable bonds is 8. The van der Waals surface area contributed by atoms with Crippen LogP contribution in [0.2, 0.25) is 0 Å². The van der Waals surface area contributed by atoms with E-state index in [2.05, 4.69) is 0 Å². The van der Waals surface area contributed by atoms with Crippen LogP contribution in [0, 0.1) is 33.6 Å². The maximum atomic E-state index is 12.4. The Morgan fingerprint density at radius 3 is 1.43 bits per heavy atom. The Morgan fingerprint density at radius 2 is 1.07 bits per heavy atom. The predicted molar refractivity (Wildman–Crippen MR) is 107 cm³/mol. The van der Waals surface area contributed by atoms with E-state index in [1.54, 1.807) is 58.9 Å². The Labute approximate surface area is 167 Å². The molecule has 0 saturated heterocycles. The van der Waals surface area contributed by atoms with Crippen LogP contribution in [0.25, 0.3) is 0 Å². The van der Waals surface area contributed by atoms with Gasteiger partial charge in [0, 0.05) is 5.92 Å². The van der Waals surface area contributed by atoms with E-state index in [1.165, 1.54) is 0 Å². The number of benzene rings is 2. The molecule has 8 heteroatoms. The number of aryl methyl sites for hydroxylation is 4. The van der Waals surface area contributed by atoms with E-state index in [0.29, 0.717) is 11.1 Å². The lowest BCUT2D eigenvalue weighted by Gasteiger charge is -2.15. The van der Waals surface area contributed by atoms with Crippen molar-refractivity contribution in [2.24, 2.45) is 5.92 Å². The van der Waals surface area contributed by atoms with Gasteiger partial charge in [-0.1, -0.05) is 31.2 Å². The molecule has 2 aromatic rings. The zero-order valence-electron chi connectivity index (χ0n) is 16.7. The Balaban J connectivity index is 2.01. The molecular weight excluding hydrogens is 400 g/mol. The lowest BCUT2D eigenvalue weighted by Crippen LogP contribution is -2.20. The summed E-state index contributed by atoms with van der Waals surface area (Å²) in [5, 5.41) is 0. The molecule has 2 rings (SSSR count). The predicted octanol–water partition coefficient (Wildman–Crippen LogP) is 3.67. The van der Waals surface area contributed by atoms with E-state index >= 15 is 0 Å². The largest absolute Gasteiger partial charge is 0.297 e. The molecule has 28 heavy (non-hydrogen) atoms. The van der Waals surface area contributed by atoms with E-state index < -0.39 is 26.2 Å². The summed E-state index contributed by atoms with van der Waals surface area (Å²) in [4.78, 5) is 0.229. The van der Waals surface area contributed by atoms with Gasteiger partial charge in [-0.05, 0) is 62.1 Å². The van der Waals surface area contributed by atoms with E-state index in [4.69, 9.17) is 8.37 Å². The molecule has 6 nitrogen and oxygen atoms in total. The average molecular weight is 427 g/mol. The molecule has 0 amide bonds. The smallest absolute Gasteiger partial charge is 0.266 e. The summed E-state index contributed by atoms with van der Waals surface area (Å²) >= 11 is 0. The average Bonchev–Trinajstić information content (AvgIpc) is 2.62. The topological polar surface area (TPSA) is 86.7 Å². The van der Waals surface area contributed by atoms with Gasteiger partial charge in [0.1, 0.15) is 0 Å². The zero-order chi connectivity index (χ0) is 21.1. The summed E-state index contributed by atoms with van der Waals surface area (Å²) in [7, 11) is -7.86. The van der Waals surface area contributed by atoms with Gasteiger partial charge < -0.3 is 0 Å². The molecule has 0 aliphatic carbocycles. The van der Waals surface area contributed by atoms with Crippen LogP contribution < -0.4 is 0 Å². The second-order valence-corrected chi connectivity index (χ2v) is 10.3. The van der Waals surface area contributed by atoms with Crippen LogP contribution in [0.1, 0.15) is 29.2 Å². The first-order chi connectivity index (χ1) is 12.9. The molecule has 0 radical (unpaired) electrons. The quantitative estimate of drug-likeness (QED) is 0.599. The van der Waals surface area contributed by atoms with Gasteiger partial charge in [-0.2, -0.15) is 16.8 Å². The summed E-state index contributed by atoms with van der Waals surface area (Å²) in [5.41, 5.74) is 2.80. The molecule has 0 spiro atoms. The van der Waals surface area contributed by atoms with Gasteiger partial charge in [-0.25, -0.2) is 0 Å². The first-order valence-electron chi connectivity index (χ1n) is 8.86. The van der Waals surface area contributed by atoms with E-state index in [1.807, 2.05) is 12.1 Å². The molecule has 0 heterocycles. The second kappa shape index (κ2) is 8.73. The minimum atomic E-state index is -3.93. The first kappa shape index (κ1) is 22.5. The minimum absolute atomic E-state index is 0.114. The normalized spacial score (nSPS) is 12.5. The lowest BCUT2D eigenvalue weighted by atomic mass is 10.2. The summed E-state index contributed by atoms with van der Waals surface area (Å²) in [5.74, 6) is -0.445. The van der Waals surface area contributed by atoms with Crippen LogP contribution in [-0.4, -0.2) is 30.0 Å². The van der Waals surface area contributed by atoms with Crippen molar-refractivity contribution in [1.29, 1.82) is 0 Å². The van der Waals surface area contributed by atoms with Crippen molar-refractivity contribution in [2.45, 2.75) is 44.4 Å². The van der Waals surface area contributed by atoms with Crippen molar-refractivity contribution >= 4 is 20.2 Å². The molecule has 0 aliphatic heterocycles. The zero-order valence-corrected chi connectivity index (χ0v) is 18.4. The summed E-state index contributed by atoms with van der Waals surface area (Å²) < 4.78 is 60.0. The monoisotopic (exact) mass is 426 g/mol. The highest BCUT2D eigenvalue weighted by Crippen LogP contribution is 2.22. The fourth-order valence-corrected chi connectivity index (χ4v) is 5.20. The fraction of sp³-hybridized carbons (Fsp3) is 0.400. The summed E-state index contributed by atoms with van der Waals surface area (Å²) in [6.07, 6.45) is 0. The number of hydrogen-bond acceptors (Lipinski definition) is 6. The standard InChI is InChI=1S/C20H26O6S2/c1-14-6-8-17(4)19(10-14)27(21,22)25-12-16(3)13-26-28(23,24)20-11-15(2)7-9-18(20)5/h6-11,16H,12-13H2,1-5H3. The highest BCUT2D eigenvalue weighted by Gasteiger charge is 2.22. The molecule has 0 aliphatic rings.